The van der Waals surface area contributed by atoms with Crippen LogP contribution in [0.1, 0.15) is 20.3 Å². The van der Waals surface area contributed by atoms with Crippen molar-refractivity contribution in [2.45, 2.75) is 25.2 Å². The van der Waals surface area contributed by atoms with E-state index >= 15 is 0 Å². The number of hydrogen-bond acceptors (Lipinski definition) is 3. The molecule has 0 aliphatic rings. The Labute approximate surface area is 156 Å². The van der Waals surface area contributed by atoms with Crippen LogP contribution < -0.4 is 10.0 Å². The molecule has 0 unspecified atom stereocenters. The summed E-state index contributed by atoms with van der Waals surface area (Å²) in [7, 11) is -4.18. The maximum atomic E-state index is 13.8. The molecule has 2 aromatic carbocycles. The average molecular weight is 397 g/mol. The lowest BCUT2D eigenvalue weighted by Gasteiger charge is -2.14. The summed E-state index contributed by atoms with van der Waals surface area (Å²) >= 11 is 5.95. The van der Waals surface area contributed by atoms with Crippen LogP contribution in [0.15, 0.2) is 59.0 Å². The second-order valence-corrected chi connectivity index (χ2v) is 7.56. The molecule has 0 heterocycles. The van der Waals surface area contributed by atoms with Gasteiger partial charge in [-0.25, -0.2) is 12.8 Å². The van der Waals surface area contributed by atoms with Crippen LogP contribution in [-0.2, 0) is 14.8 Å². The summed E-state index contributed by atoms with van der Waals surface area (Å²) < 4.78 is 41.1. The van der Waals surface area contributed by atoms with Gasteiger partial charge in [-0.15, -0.1) is 0 Å². The molecule has 2 N–H and O–H groups in total. The first-order valence-electron chi connectivity index (χ1n) is 7.79. The number of amides is 1. The van der Waals surface area contributed by atoms with Crippen molar-refractivity contribution in [1.29, 1.82) is 0 Å². The third-order valence-corrected chi connectivity index (χ3v) is 5.10. The van der Waals surface area contributed by atoms with Crippen molar-refractivity contribution in [2.24, 2.45) is 0 Å². The van der Waals surface area contributed by atoms with Gasteiger partial charge in [0.1, 0.15) is 10.7 Å². The monoisotopic (exact) mass is 396 g/mol. The molecule has 1 amide bonds. The highest BCUT2D eigenvalue weighted by molar-refractivity contribution is 7.92. The molecule has 8 heteroatoms. The van der Waals surface area contributed by atoms with E-state index in [0.29, 0.717) is 17.0 Å². The number of rotatable bonds is 6. The molecule has 0 aromatic heterocycles. The van der Waals surface area contributed by atoms with E-state index < -0.39 is 20.7 Å². The summed E-state index contributed by atoms with van der Waals surface area (Å²) in [6.07, 6.45) is 2.42. The fourth-order valence-electron chi connectivity index (χ4n) is 2.19. The minimum Gasteiger partial charge on any atom is -0.320 e. The van der Waals surface area contributed by atoms with E-state index in [-0.39, 0.29) is 17.3 Å². The molecule has 26 heavy (non-hydrogen) atoms. The van der Waals surface area contributed by atoms with Crippen LogP contribution in [0.4, 0.5) is 15.8 Å². The molecule has 2 aromatic rings. The SMILES string of the molecule is CCC=C(C)C(=O)Nc1cc(Cl)ccc1NS(=O)(=O)c1ccccc1F. The Hall–Kier alpha value is -2.38. The highest BCUT2D eigenvalue weighted by atomic mass is 35.5. The van der Waals surface area contributed by atoms with Gasteiger partial charge < -0.3 is 5.32 Å². The quantitative estimate of drug-likeness (QED) is 0.702. The minimum absolute atomic E-state index is 0.0790. The second-order valence-electron chi connectivity index (χ2n) is 5.48. The summed E-state index contributed by atoms with van der Waals surface area (Å²) in [5, 5.41) is 2.92. The number of allylic oxidation sites excluding steroid dienone is 1. The molecule has 0 fully saturated rings. The third-order valence-electron chi connectivity index (χ3n) is 3.47. The number of carbonyl (C=O) groups is 1. The van der Waals surface area contributed by atoms with Crippen LogP contribution >= 0.6 is 11.6 Å². The summed E-state index contributed by atoms with van der Waals surface area (Å²) in [5.41, 5.74) is 0.733. The van der Waals surface area contributed by atoms with E-state index in [0.717, 1.165) is 12.1 Å². The van der Waals surface area contributed by atoms with Crippen molar-refractivity contribution in [3.63, 3.8) is 0 Å². The van der Waals surface area contributed by atoms with Crippen molar-refractivity contribution in [2.75, 3.05) is 10.0 Å². The number of carbonyl (C=O) groups excluding carboxylic acids is 1. The highest BCUT2D eigenvalue weighted by Crippen LogP contribution is 2.29. The standard InChI is InChI=1S/C18H18ClFN2O3S/c1-3-6-12(2)18(23)21-16-11-13(19)9-10-15(16)22-26(24,25)17-8-5-4-7-14(17)20/h4-11,22H,3H2,1-2H3,(H,21,23). The van der Waals surface area contributed by atoms with E-state index in [1.54, 1.807) is 13.0 Å². The van der Waals surface area contributed by atoms with Gasteiger partial charge in [-0.3, -0.25) is 9.52 Å². The summed E-state index contributed by atoms with van der Waals surface area (Å²) in [4.78, 5) is 11.7. The Balaban J connectivity index is 2.37. The zero-order valence-electron chi connectivity index (χ0n) is 14.2. The van der Waals surface area contributed by atoms with Crippen molar-refractivity contribution < 1.29 is 17.6 Å². The molecule has 138 valence electrons. The molecule has 5 nitrogen and oxygen atoms in total. The predicted octanol–water partition coefficient (Wildman–Crippen LogP) is 4.57. The molecule has 0 atom stereocenters. The lowest BCUT2D eigenvalue weighted by atomic mass is 10.2. The first kappa shape index (κ1) is 19.9. The lowest BCUT2D eigenvalue weighted by Crippen LogP contribution is -2.18. The zero-order valence-corrected chi connectivity index (χ0v) is 15.8. The van der Waals surface area contributed by atoms with Gasteiger partial charge in [-0.1, -0.05) is 36.7 Å². The first-order valence-corrected chi connectivity index (χ1v) is 9.65. The molecule has 0 radical (unpaired) electrons. The molecule has 0 saturated carbocycles. The van der Waals surface area contributed by atoms with Gasteiger partial charge in [0, 0.05) is 10.6 Å². The minimum atomic E-state index is -4.18. The fraction of sp³-hybridized carbons (Fsp3) is 0.167. The largest absolute Gasteiger partial charge is 0.320 e. The van der Waals surface area contributed by atoms with Crippen molar-refractivity contribution >= 4 is 38.9 Å². The van der Waals surface area contributed by atoms with E-state index in [4.69, 9.17) is 11.6 Å². The molecule has 0 aliphatic carbocycles. The van der Waals surface area contributed by atoms with Gasteiger partial charge in [-0.2, -0.15) is 0 Å². The molecule has 0 bridgehead atoms. The van der Waals surface area contributed by atoms with E-state index in [1.807, 2.05) is 6.92 Å². The van der Waals surface area contributed by atoms with Gasteiger partial charge in [0.2, 0.25) is 0 Å². The average Bonchev–Trinajstić information content (AvgIpc) is 2.57. The van der Waals surface area contributed by atoms with Crippen LogP contribution in [0, 0.1) is 5.82 Å². The topological polar surface area (TPSA) is 75.3 Å². The van der Waals surface area contributed by atoms with Gasteiger partial charge in [0.05, 0.1) is 11.4 Å². The van der Waals surface area contributed by atoms with E-state index in [2.05, 4.69) is 10.0 Å². The molecular weight excluding hydrogens is 379 g/mol. The molecule has 2 rings (SSSR count). The lowest BCUT2D eigenvalue weighted by molar-refractivity contribution is -0.112. The number of hydrogen-bond donors (Lipinski definition) is 2. The van der Waals surface area contributed by atoms with Gasteiger partial charge in [0.15, 0.2) is 0 Å². The van der Waals surface area contributed by atoms with Gasteiger partial charge >= 0.3 is 0 Å². The Morgan fingerprint density at radius 2 is 1.88 bits per heavy atom. The zero-order chi connectivity index (χ0) is 19.3. The smallest absolute Gasteiger partial charge is 0.264 e. The third kappa shape index (κ3) is 4.83. The predicted molar refractivity (Wildman–Crippen MR) is 101 cm³/mol. The van der Waals surface area contributed by atoms with Crippen molar-refractivity contribution in [1.82, 2.24) is 0 Å². The number of sulfonamides is 1. The van der Waals surface area contributed by atoms with Crippen molar-refractivity contribution in [3.8, 4) is 0 Å². The fourth-order valence-corrected chi connectivity index (χ4v) is 3.52. The van der Waals surface area contributed by atoms with Crippen LogP contribution in [0.3, 0.4) is 0 Å². The maximum Gasteiger partial charge on any atom is 0.264 e. The number of benzene rings is 2. The first-order chi connectivity index (χ1) is 12.2. The summed E-state index contributed by atoms with van der Waals surface area (Å²) in [6, 6.07) is 9.29. The highest BCUT2D eigenvalue weighted by Gasteiger charge is 2.20. The molecule has 0 aliphatic heterocycles. The number of halogens is 2. The number of anilines is 2. The maximum absolute atomic E-state index is 13.8. The van der Waals surface area contributed by atoms with Gasteiger partial charge in [0.25, 0.3) is 15.9 Å². The number of nitrogens with one attached hydrogen (secondary N) is 2. The second kappa shape index (κ2) is 8.33. The summed E-state index contributed by atoms with van der Waals surface area (Å²) in [6.45, 7) is 3.54. The van der Waals surface area contributed by atoms with Crippen LogP contribution in [0.2, 0.25) is 5.02 Å². The van der Waals surface area contributed by atoms with Crippen LogP contribution in [-0.4, -0.2) is 14.3 Å². The Morgan fingerprint density at radius 1 is 1.19 bits per heavy atom. The van der Waals surface area contributed by atoms with Crippen LogP contribution in [0.25, 0.3) is 0 Å². The Kier molecular flexibility index (Phi) is 6.39. The molecule has 0 saturated heterocycles. The molecular formula is C18H18ClFN2O3S. The Morgan fingerprint density at radius 3 is 2.54 bits per heavy atom. The van der Waals surface area contributed by atoms with Crippen molar-refractivity contribution in [3.05, 3.63) is 65.0 Å². The van der Waals surface area contributed by atoms with Crippen LogP contribution in [0.5, 0.6) is 0 Å². The van der Waals surface area contributed by atoms with E-state index in [1.165, 1.54) is 30.3 Å². The molecule has 0 spiro atoms. The van der Waals surface area contributed by atoms with E-state index in [9.17, 15) is 17.6 Å². The summed E-state index contributed by atoms with van der Waals surface area (Å²) in [5.74, 6) is -1.26. The van der Waals surface area contributed by atoms with Gasteiger partial charge in [-0.05, 0) is 43.7 Å². The Bertz CT molecular complexity index is 959. The normalized spacial score (nSPS) is 11.9.